The highest BCUT2D eigenvalue weighted by atomic mass is 35.5. The number of carbonyl (C=O) groups is 1. The second-order valence-corrected chi connectivity index (χ2v) is 11.4. The number of anilines is 1. The van der Waals surface area contributed by atoms with Crippen LogP contribution in [0.1, 0.15) is 48.4 Å². The van der Waals surface area contributed by atoms with E-state index in [0.717, 1.165) is 50.3 Å². The molecule has 9 heteroatoms. The van der Waals surface area contributed by atoms with Crippen LogP contribution in [0.3, 0.4) is 0 Å². The largest absolute Gasteiger partial charge is 0.375 e. The second kappa shape index (κ2) is 11.6. The number of halogens is 2. The third kappa shape index (κ3) is 5.66. The summed E-state index contributed by atoms with van der Waals surface area (Å²) in [5.41, 5.74) is 3.33. The van der Waals surface area contributed by atoms with Gasteiger partial charge in [0.2, 0.25) is 5.91 Å². The van der Waals surface area contributed by atoms with Crippen LogP contribution in [0.2, 0.25) is 5.02 Å². The Hall–Kier alpha value is -2.71. The van der Waals surface area contributed by atoms with Crippen LogP contribution in [0.5, 0.6) is 0 Å². The van der Waals surface area contributed by atoms with Crippen LogP contribution in [0.4, 0.5) is 10.2 Å². The molecule has 3 aliphatic rings. The van der Waals surface area contributed by atoms with Crippen LogP contribution in [0.25, 0.3) is 0 Å². The first-order valence-electron chi connectivity index (χ1n) is 13.7. The van der Waals surface area contributed by atoms with E-state index in [1.807, 2.05) is 65.3 Å². The molecule has 7 nitrogen and oxygen atoms in total. The van der Waals surface area contributed by atoms with Crippen molar-refractivity contribution in [3.8, 4) is 0 Å². The molecule has 1 amide bonds. The lowest BCUT2D eigenvalue weighted by Crippen LogP contribution is -2.50. The van der Waals surface area contributed by atoms with Gasteiger partial charge in [0.1, 0.15) is 18.3 Å². The molecular formula is C29H38ClFN6O. The molecule has 1 aliphatic carbocycles. The number of hydrogen-bond donors (Lipinski definition) is 0. The van der Waals surface area contributed by atoms with E-state index in [1.165, 1.54) is 11.3 Å². The minimum atomic E-state index is -0.924. The van der Waals surface area contributed by atoms with Crippen molar-refractivity contribution in [3.05, 3.63) is 64.7 Å². The molecule has 0 N–H and O–H groups in total. The van der Waals surface area contributed by atoms with E-state index >= 15 is 0 Å². The molecule has 38 heavy (non-hydrogen) atoms. The van der Waals surface area contributed by atoms with E-state index in [-0.39, 0.29) is 11.9 Å². The lowest BCUT2D eigenvalue weighted by atomic mass is 9.96. The predicted molar refractivity (Wildman–Crippen MR) is 149 cm³/mol. The third-order valence-corrected chi connectivity index (χ3v) is 8.58. The average molecular weight is 541 g/mol. The van der Waals surface area contributed by atoms with Crippen LogP contribution in [-0.2, 0) is 11.2 Å². The molecule has 2 saturated heterocycles. The summed E-state index contributed by atoms with van der Waals surface area (Å²) in [5, 5.41) is 0.634. The number of nitrogens with zero attached hydrogens (tertiary/aromatic N) is 6. The summed E-state index contributed by atoms with van der Waals surface area (Å²) in [7, 11) is 3.85. The first kappa shape index (κ1) is 26.9. The van der Waals surface area contributed by atoms with E-state index in [2.05, 4.69) is 21.8 Å². The lowest BCUT2D eigenvalue weighted by Gasteiger charge is -2.38. The van der Waals surface area contributed by atoms with Crippen molar-refractivity contribution in [2.45, 2.75) is 50.2 Å². The zero-order chi connectivity index (χ0) is 26.8. The molecule has 0 bridgehead atoms. The van der Waals surface area contributed by atoms with Gasteiger partial charge in [0.05, 0.1) is 12.5 Å². The predicted octanol–water partition coefficient (Wildman–Crippen LogP) is 4.10. The van der Waals surface area contributed by atoms with Gasteiger partial charge in [-0.3, -0.25) is 4.79 Å². The number of fused-ring (bicyclic) bond motifs is 1. The molecule has 4 atom stereocenters. The monoisotopic (exact) mass is 540 g/mol. The number of amides is 1. The van der Waals surface area contributed by atoms with E-state index < -0.39 is 12.1 Å². The number of alkyl halides is 1. The highest BCUT2D eigenvalue weighted by Crippen LogP contribution is 2.37. The Labute approximate surface area is 230 Å². The summed E-state index contributed by atoms with van der Waals surface area (Å²) >= 11 is 6.14. The van der Waals surface area contributed by atoms with Gasteiger partial charge in [0.25, 0.3) is 0 Å². The number of aryl methyl sites for hydroxylation is 1. The molecule has 0 radical (unpaired) electrons. The van der Waals surface area contributed by atoms with Gasteiger partial charge in [-0.05, 0) is 63.2 Å². The molecule has 5 rings (SSSR count). The molecule has 204 valence electrons. The Morgan fingerprint density at radius 2 is 1.84 bits per heavy atom. The van der Waals surface area contributed by atoms with Crippen molar-refractivity contribution in [2.75, 3.05) is 58.3 Å². The average Bonchev–Trinajstić information content (AvgIpc) is 3.30. The molecule has 3 heterocycles. The second-order valence-electron chi connectivity index (χ2n) is 11.0. The van der Waals surface area contributed by atoms with Gasteiger partial charge in [-0.2, -0.15) is 0 Å². The maximum Gasteiger partial charge on any atom is 0.234 e. The Morgan fingerprint density at radius 3 is 2.53 bits per heavy atom. The molecular weight excluding hydrogens is 503 g/mol. The van der Waals surface area contributed by atoms with Crippen LogP contribution in [-0.4, -0.2) is 96.2 Å². The van der Waals surface area contributed by atoms with Gasteiger partial charge >= 0.3 is 0 Å². The van der Waals surface area contributed by atoms with Crippen LogP contribution < -0.4 is 4.90 Å². The number of benzene rings is 1. The number of hydrogen-bond acceptors (Lipinski definition) is 6. The van der Waals surface area contributed by atoms with Crippen LogP contribution in [0, 0.1) is 0 Å². The van der Waals surface area contributed by atoms with Crippen molar-refractivity contribution in [3.63, 3.8) is 0 Å². The Balaban J connectivity index is 1.29. The summed E-state index contributed by atoms with van der Waals surface area (Å²) in [6, 6.07) is 7.39. The summed E-state index contributed by atoms with van der Waals surface area (Å²) in [6.07, 6.45) is 7.48. The van der Waals surface area contributed by atoms with Crippen LogP contribution >= 0.6 is 11.6 Å². The fourth-order valence-corrected chi connectivity index (χ4v) is 6.18. The quantitative estimate of drug-likeness (QED) is 0.550. The molecule has 1 aromatic carbocycles. The molecule has 0 saturated carbocycles. The highest BCUT2D eigenvalue weighted by molar-refractivity contribution is 6.30. The summed E-state index contributed by atoms with van der Waals surface area (Å²) < 4.78 is 14.8. The molecule has 1 aromatic heterocycles. The standard InChI is InChI=1S/C29H38ClFN6O/c1-20-4-9-25-27(20)28(33-19-32-25)36-14-16-37(17-15-36)29(38)23(21-5-7-22(30)8-6-21)10-12-35-13-11-26(34(2)3)24(31)18-35/h5-8,10,12,19-20,23-24,26H,4,9,11,13-18H2,1-3H3/b12-10-/t20-,23?,24?,26-/m1/s1. The lowest BCUT2D eigenvalue weighted by molar-refractivity contribution is -0.132. The van der Waals surface area contributed by atoms with Gasteiger partial charge in [0, 0.05) is 55.0 Å². The maximum absolute atomic E-state index is 14.8. The van der Waals surface area contributed by atoms with Gasteiger partial charge in [-0.15, -0.1) is 0 Å². The normalized spacial score (nSPS) is 24.8. The minimum absolute atomic E-state index is 0.0597. The minimum Gasteiger partial charge on any atom is -0.375 e. The first-order valence-corrected chi connectivity index (χ1v) is 14.1. The third-order valence-electron chi connectivity index (χ3n) is 8.33. The van der Waals surface area contributed by atoms with E-state index in [0.29, 0.717) is 30.6 Å². The number of piperidine rings is 1. The van der Waals surface area contributed by atoms with Crippen molar-refractivity contribution < 1.29 is 9.18 Å². The van der Waals surface area contributed by atoms with Gasteiger partial charge in [-0.1, -0.05) is 36.7 Å². The Morgan fingerprint density at radius 1 is 1.11 bits per heavy atom. The summed E-state index contributed by atoms with van der Waals surface area (Å²) in [5.74, 6) is 1.10. The zero-order valence-electron chi connectivity index (χ0n) is 22.6. The molecule has 2 unspecified atom stereocenters. The number of piperazine rings is 1. The topological polar surface area (TPSA) is 55.8 Å². The number of aromatic nitrogens is 2. The van der Waals surface area contributed by atoms with Gasteiger partial charge < -0.3 is 19.6 Å². The Kier molecular flexibility index (Phi) is 8.19. The smallest absolute Gasteiger partial charge is 0.234 e. The van der Waals surface area contributed by atoms with E-state index in [9.17, 15) is 9.18 Å². The highest BCUT2D eigenvalue weighted by Gasteiger charge is 2.32. The fourth-order valence-electron chi connectivity index (χ4n) is 6.06. The first-order chi connectivity index (χ1) is 18.3. The van der Waals surface area contributed by atoms with Crippen molar-refractivity contribution in [2.24, 2.45) is 0 Å². The number of likely N-dealkylation sites (tertiary alicyclic amines) is 1. The SMILES string of the molecule is C[C@@H]1CCc2ncnc(N3CCN(C(=O)C(/C=C\N4CC[C@@H](N(C)C)C(F)C4)c4ccc(Cl)cc4)CC3)c21. The van der Waals surface area contributed by atoms with E-state index in [1.54, 1.807) is 6.33 Å². The van der Waals surface area contributed by atoms with Crippen molar-refractivity contribution >= 4 is 23.3 Å². The zero-order valence-corrected chi connectivity index (χ0v) is 23.3. The van der Waals surface area contributed by atoms with Crippen molar-refractivity contribution in [1.82, 2.24) is 24.7 Å². The molecule has 0 spiro atoms. The molecule has 2 aromatic rings. The summed E-state index contributed by atoms with van der Waals surface area (Å²) in [6.45, 7) is 6.08. The molecule has 2 aliphatic heterocycles. The number of rotatable bonds is 6. The van der Waals surface area contributed by atoms with Crippen molar-refractivity contribution in [1.29, 1.82) is 0 Å². The fraction of sp³-hybridized carbons (Fsp3) is 0.552. The maximum atomic E-state index is 14.8. The Bertz CT molecular complexity index is 1150. The summed E-state index contributed by atoms with van der Waals surface area (Å²) in [4.78, 5) is 31.2. The van der Waals surface area contributed by atoms with Gasteiger partial charge in [-0.25, -0.2) is 14.4 Å². The van der Waals surface area contributed by atoms with E-state index in [4.69, 9.17) is 11.6 Å². The number of carbonyl (C=O) groups excluding carboxylic acids is 1. The van der Waals surface area contributed by atoms with Crippen LogP contribution in [0.15, 0.2) is 42.9 Å². The molecule has 2 fully saturated rings. The van der Waals surface area contributed by atoms with Gasteiger partial charge in [0.15, 0.2) is 0 Å².